The van der Waals surface area contributed by atoms with Crippen molar-refractivity contribution in [3.8, 4) is 0 Å². The van der Waals surface area contributed by atoms with E-state index in [-0.39, 0.29) is 0 Å². The molecule has 50 valence electrons. The molecule has 0 aromatic heterocycles. The fraction of sp³-hybridized carbons (Fsp3) is 0.429. The van der Waals surface area contributed by atoms with E-state index in [1.807, 2.05) is 0 Å². The zero-order chi connectivity index (χ0) is 6.85. The Hall–Kier alpha value is 0.01000. The molecule has 0 spiro atoms. The van der Waals surface area contributed by atoms with Gasteiger partial charge < -0.3 is 4.90 Å². The molecule has 0 unspecified atom stereocenters. The van der Waals surface area contributed by atoms with E-state index in [2.05, 4.69) is 53.7 Å². The molecule has 0 N–H and O–H groups in total. The Balaban J connectivity index is 2.73. The van der Waals surface area contributed by atoms with E-state index >= 15 is 0 Å². The number of hydrogen-bond donors (Lipinski definition) is 0. The summed E-state index contributed by atoms with van der Waals surface area (Å²) in [6.07, 6.45) is 5.46. The molecule has 0 aromatic rings. The summed E-state index contributed by atoms with van der Waals surface area (Å²) in [5.74, 6) is 0. The first-order valence-corrected chi connectivity index (χ1v) is 4.02. The molecule has 0 saturated heterocycles. The maximum Gasteiger partial charge on any atom is 0.0321 e. The van der Waals surface area contributed by atoms with E-state index in [0.29, 0.717) is 0 Å². The Morgan fingerprint density at radius 3 is 2.44 bits per heavy atom. The van der Waals surface area contributed by atoms with Gasteiger partial charge in [-0.25, -0.2) is 0 Å². The van der Waals surface area contributed by atoms with Crippen LogP contribution in [0.1, 0.15) is 6.42 Å². The van der Waals surface area contributed by atoms with Crippen LogP contribution >= 0.6 is 22.6 Å². The predicted octanol–water partition coefficient (Wildman–Crippen LogP) is 2.15. The number of allylic oxidation sites excluding steroid dienone is 3. The second-order valence-electron chi connectivity index (χ2n) is 2.30. The van der Waals surface area contributed by atoms with Crippen LogP contribution in [0.25, 0.3) is 0 Å². The monoisotopic (exact) mass is 235 g/mol. The molecule has 0 amide bonds. The lowest BCUT2D eigenvalue weighted by Crippen LogP contribution is -2.09. The zero-order valence-corrected chi connectivity index (χ0v) is 7.84. The Morgan fingerprint density at radius 2 is 2.22 bits per heavy atom. The third-order valence-electron chi connectivity index (χ3n) is 1.39. The SMILES string of the molecule is CN(C)C1=C(I)C=CC1. The minimum Gasteiger partial charge on any atom is -0.380 e. The molecule has 0 saturated carbocycles. The van der Waals surface area contributed by atoms with E-state index < -0.39 is 0 Å². The van der Waals surface area contributed by atoms with Gasteiger partial charge in [0.1, 0.15) is 0 Å². The molecule has 0 fully saturated rings. The molecular formula is C7H10IN. The van der Waals surface area contributed by atoms with Crippen LogP contribution in [0.5, 0.6) is 0 Å². The summed E-state index contributed by atoms with van der Waals surface area (Å²) in [6.45, 7) is 0. The Labute approximate surface area is 69.6 Å². The standard InChI is InChI=1S/C7H10IN/c1-9(2)7-5-3-4-6(7)8/h3-4H,5H2,1-2H3. The van der Waals surface area contributed by atoms with Gasteiger partial charge in [0.25, 0.3) is 0 Å². The van der Waals surface area contributed by atoms with Crippen molar-refractivity contribution in [2.75, 3.05) is 14.1 Å². The third-order valence-corrected chi connectivity index (χ3v) is 2.37. The predicted molar refractivity (Wildman–Crippen MR) is 48.5 cm³/mol. The molecule has 0 radical (unpaired) electrons. The molecule has 0 bridgehead atoms. The van der Waals surface area contributed by atoms with Crippen LogP contribution in [0.15, 0.2) is 21.4 Å². The molecule has 0 aromatic carbocycles. The molecule has 1 aliphatic carbocycles. The Kier molecular flexibility index (Phi) is 2.16. The van der Waals surface area contributed by atoms with Gasteiger partial charge in [0.15, 0.2) is 0 Å². The highest BCUT2D eigenvalue weighted by Gasteiger charge is 2.06. The summed E-state index contributed by atoms with van der Waals surface area (Å²) in [6, 6.07) is 0. The van der Waals surface area contributed by atoms with Crippen LogP contribution < -0.4 is 0 Å². The van der Waals surface area contributed by atoms with Crippen LogP contribution in [-0.2, 0) is 0 Å². The largest absolute Gasteiger partial charge is 0.380 e. The van der Waals surface area contributed by atoms with Crippen LogP contribution in [0.4, 0.5) is 0 Å². The van der Waals surface area contributed by atoms with E-state index in [4.69, 9.17) is 0 Å². The maximum absolute atomic E-state index is 2.36. The van der Waals surface area contributed by atoms with Gasteiger partial charge in [-0.1, -0.05) is 12.2 Å². The molecule has 1 nitrogen and oxygen atoms in total. The average molecular weight is 235 g/mol. The van der Waals surface area contributed by atoms with Gasteiger partial charge in [0.2, 0.25) is 0 Å². The number of rotatable bonds is 1. The van der Waals surface area contributed by atoms with Gasteiger partial charge >= 0.3 is 0 Å². The van der Waals surface area contributed by atoms with E-state index in [1.165, 1.54) is 9.28 Å². The highest BCUT2D eigenvalue weighted by Crippen LogP contribution is 2.25. The zero-order valence-electron chi connectivity index (χ0n) is 5.69. The summed E-state index contributed by atoms with van der Waals surface area (Å²) < 4.78 is 1.37. The molecule has 0 heterocycles. The molecular weight excluding hydrogens is 225 g/mol. The van der Waals surface area contributed by atoms with Gasteiger partial charge in [0.05, 0.1) is 0 Å². The van der Waals surface area contributed by atoms with Crippen LogP contribution in [-0.4, -0.2) is 19.0 Å². The van der Waals surface area contributed by atoms with Crippen molar-refractivity contribution in [3.63, 3.8) is 0 Å². The molecule has 0 atom stereocenters. The number of nitrogens with zero attached hydrogens (tertiary/aromatic N) is 1. The Morgan fingerprint density at radius 1 is 1.56 bits per heavy atom. The summed E-state index contributed by atoms with van der Waals surface area (Å²) in [5, 5.41) is 0. The lowest BCUT2D eigenvalue weighted by Gasteiger charge is -2.13. The lowest BCUT2D eigenvalue weighted by molar-refractivity contribution is 0.504. The van der Waals surface area contributed by atoms with Gasteiger partial charge in [-0.2, -0.15) is 0 Å². The van der Waals surface area contributed by atoms with Crippen molar-refractivity contribution in [1.29, 1.82) is 0 Å². The van der Waals surface area contributed by atoms with Gasteiger partial charge in [-0.15, -0.1) is 0 Å². The van der Waals surface area contributed by atoms with Crippen LogP contribution in [0, 0.1) is 0 Å². The molecule has 1 aliphatic rings. The van der Waals surface area contributed by atoms with E-state index in [1.54, 1.807) is 0 Å². The molecule has 0 aliphatic heterocycles. The normalized spacial score (nSPS) is 17.2. The quantitative estimate of drug-likeness (QED) is 0.629. The second-order valence-corrected chi connectivity index (χ2v) is 3.46. The van der Waals surface area contributed by atoms with Crippen molar-refractivity contribution in [2.45, 2.75) is 6.42 Å². The number of halogens is 1. The number of hydrogen-bond acceptors (Lipinski definition) is 1. The average Bonchev–Trinajstić information content (AvgIpc) is 2.13. The Bertz CT molecular complexity index is 168. The lowest BCUT2D eigenvalue weighted by atomic mass is 10.4. The minimum absolute atomic E-state index is 1.10. The topological polar surface area (TPSA) is 3.24 Å². The highest BCUT2D eigenvalue weighted by atomic mass is 127. The summed E-state index contributed by atoms with van der Waals surface area (Å²) in [5.41, 5.74) is 1.43. The summed E-state index contributed by atoms with van der Waals surface area (Å²) in [7, 11) is 4.17. The van der Waals surface area contributed by atoms with Crippen LogP contribution in [0.2, 0.25) is 0 Å². The van der Waals surface area contributed by atoms with Crippen molar-refractivity contribution in [1.82, 2.24) is 4.90 Å². The van der Waals surface area contributed by atoms with E-state index in [9.17, 15) is 0 Å². The van der Waals surface area contributed by atoms with Gasteiger partial charge in [0, 0.05) is 29.8 Å². The fourth-order valence-electron chi connectivity index (χ4n) is 0.864. The summed E-state index contributed by atoms with van der Waals surface area (Å²) in [4.78, 5) is 2.17. The first-order valence-electron chi connectivity index (χ1n) is 2.94. The van der Waals surface area contributed by atoms with E-state index in [0.717, 1.165) is 6.42 Å². The first-order chi connectivity index (χ1) is 4.22. The van der Waals surface area contributed by atoms with Crippen LogP contribution in [0.3, 0.4) is 0 Å². The van der Waals surface area contributed by atoms with Crippen molar-refractivity contribution in [2.24, 2.45) is 0 Å². The maximum atomic E-state index is 2.36. The van der Waals surface area contributed by atoms with Gasteiger partial charge in [-0.05, 0) is 22.6 Å². The fourth-order valence-corrected chi connectivity index (χ4v) is 1.82. The first kappa shape index (κ1) is 7.12. The molecule has 2 heteroatoms. The third kappa shape index (κ3) is 1.47. The van der Waals surface area contributed by atoms with Gasteiger partial charge in [-0.3, -0.25) is 0 Å². The van der Waals surface area contributed by atoms with Crippen molar-refractivity contribution in [3.05, 3.63) is 21.4 Å². The minimum atomic E-state index is 1.10. The summed E-state index contributed by atoms with van der Waals surface area (Å²) >= 11 is 2.36. The smallest absolute Gasteiger partial charge is 0.0321 e. The molecule has 1 rings (SSSR count). The molecule has 9 heavy (non-hydrogen) atoms. The van der Waals surface area contributed by atoms with Crippen molar-refractivity contribution < 1.29 is 0 Å². The van der Waals surface area contributed by atoms with Crippen molar-refractivity contribution >= 4 is 22.6 Å². The second kappa shape index (κ2) is 2.73. The highest BCUT2D eigenvalue weighted by molar-refractivity contribution is 14.1.